The molecule has 0 aromatic heterocycles. The van der Waals surface area contributed by atoms with Gasteiger partial charge in [0.15, 0.2) is 0 Å². The van der Waals surface area contributed by atoms with Gasteiger partial charge < -0.3 is 9.22 Å². The number of rotatable bonds is 14. The van der Waals surface area contributed by atoms with E-state index in [-0.39, 0.29) is 5.97 Å². The van der Waals surface area contributed by atoms with Crippen LogP contribution in [0.4, 0.5) is 0 Å². The lowest BCUT2D eigenvalue weighted by Gasteiger charge is -2.39. The Balaban J connectivity index is 4.47. The van der Waals surface area contributed by atoms with E-state index >= 15 is 0 Å². The van der Waals surface area contributed by atoms with Gasteiger partial charge in [-0.3, -0.25) is 0 Å². The molecule has 0 rings (SSSR count). The molecule has 0 heterocycles. The van der Waals surface area contributed by atoms with Crippen molar-refractivity contribution < 1.29 is 14.0 Å². The molecule has 0 bridgehead atoms. The topological polar surface area (TPSA) is 26.3 Å². The second-order valence-corrected chi connectivity index (χ2v) is 6.02. The molecule has 3 heteroatoms. The maximum absolute atomic E-state index is 11.1. The van der Waals surface area contributed by atoms with Crippen LogP contribution in [0.3, 0.4) is 0 Å². The molecule has 3 nitrogen and oxygen atoms in total. The molecule has 0 aliphatic heterocycles. The summed E-state index contributed by atoms with van der Waals surface area (Å²) < 4.78 is 6.34. The van der Waals surface area contributed by atoms with Gasteiger partial charge in [-0.05, 0) is 19.3 Å². The SMILES string of the molecule is C=CC(=O)OCCC[N+](CCCC)(CCCC)CCCC. The average Bonchev–Trinajstić information content (AvgIpc) is 2.52. The minimum absolute atomic E-state index is 0.302. The lowest BCUT2D eigenvalue weighted by atomic mass is 10.1. The second-order valence-electron chi connectivity index (χ2n) is 6.02. The number of hydrogen-bond donors (Lipinski definition) is 0. The first-order chi connectivity index (χ1) is 10.1. The predicted molar refractivity (Wildman–Crippen MR) is 90.2 cm³/mol. The largest absolute Gasteiger partial charge is 0.462 e. The van der Waals surface area contributed by atoms with Crippen LogP contribution in [0.15, 0.2) is 12.7 Å². The molecular formula is C18H36NO2+. The highest BCUT2D eigenvalue weighted by atomic mass is 16.5. The molecule has 0 aliphatic rings. The molecule has 0 atom stereocenters. The Labute approximate surface area is 131 Å². The number of esters is 1. The summed E-state index contributed by atoms with van der Waals surface area (Å²) in [6.45, 7) is 15.7. The summed E-state index contributed by atoms with van der Waals surface area (Å²) in [5.41, 5.74) is 0. The van der Waals surface area contributed by atoms with Crippen LogP contribution in [0.2, 0.25) is 0 Å². The van der Waals surface area contributed by atoms with Gasteiger partial charge in [0.1, 0.15) is 0 Å². The van der Waals surface area contributed by atoms with Crippen molar-refractivity contribution in [3.8, 4) is 0 Å². The fraction of sp³-hybridized carbons (Fsp3) is 0.833. The molecule has 0 unspecified atom stereocenters. The third-order valence-electron chi connectivity index (χ3n) is 4.15. The maximum atomic E-state index is 11.1. The zero-order chi connectivity index (χ0) is 16.0. The highest BCUT2D eigenvalue weighted by Gasteiger charge is 2.25. The van der Waals surface area contributed by atoms with Crippen molar-refractivity contribution in [1.29, 1.82) is 0 Å². The first-order valence-corrected chi connectivity index (χ1v) is 8.78. The van der Waals surface area contributed by atoms with Crippen LogP contribution in [0.5, 0.6) is 0 Å². The number of hydrogen-bond acceptors (Lipinski definition) is 2. The van der Waals surface area contributed by atoms with E-state index in [0.29, 0.717) is 6.61 Å². The van der Waals surface area contributed by atoms with Crippen LogP contribution in [0.1, 0.15) is 65.7 Å². The Morgan fingerprint density at radius 2 is 1.33 bits per heavy atom. The molecule has 0 fully saturated rings. The maximum Gasteiger partial charge on any atom is 0.330 e. The van der Waals surface area contributed by atoms with E-state index in [1.165, 1.54) is 68.7 Å². The minimum Gasteiger partial charge on any atom is -0.462 e. The van der Waals surface area contributed by atoms with Gasteiger partial charge in [0, 0.05) is 12.5 Å². The first kappa shape index (κ1) is 20.2. The Bertz CT molecular complexity index is 255. The van der Waals surface area contributed by atoms with Crippen LogP contribution in [0.25, 0.3) is 0 Å². The number of quaternary nitrogens is 1. The van der Waals surface area contributed by atoms with Crippen LogP contribution < -0.4 is 0 Å². The molecule has 0 aliphatic carbocycles. The highest BCUT2D eigenvalue weighted by Crippen LogP contribution is 2.16. The standard InChI is InChI=1S/C18H36NO2/c1-5-9-13-19(14-10-6-2,15-11-7-3)16-12-17-21-18(20)8-4/h8H,4-7,9-17H2,1-3H3/q+1. The van der Waals surface area contributed by atoms with Gasteiger partial charge in [-0.1, -0.05) is 46.6 Å². The van der Waals surface area contributed by atoms with Crippen molar-refractivity contribution >= 4 is 5.97 Å². The summed E-state index contributed by atoms with van der Waals surface area (Å²) in [5.74, 6) is -0.302. The van der Waals surface area contributed by atoms with Gasteiger partial charge in [-0.25, -0.2) is 4.79 Å². The molecule has 124 valence electrons. The van der Waals surface area contributed by atoms with Crippen LogP contribution in [0, 0.1) is 0 Å². The fourth-order valence-corrected chi connectivity index (χ4v) is 2.78. The minimum atomic E-state index is -0.302. The van der Waals surface area contributed by atoms with Gasteiger partial charge in [0.2, 0.25) is 0 Å². The molecule has 0 spiro atoms. The molecule has 0 amide bonds. The van der Waals surface area contributed by atoms with E-state index in [2.05, 4.69) is 27.4 Å². The number of unbranched alkanes of at least 4 members (excludes halogenated alkanes) is 3. The van der Waals surface area contributed by atoms with Gasteiger partial charge >= 0.3 is 5.97 Å². The third-order valence-corrected chi connectivity index (χ3v) is 4.15. The van der Waals surface area contributed by atoms with Crippen molar-refractivity contribution in [2.24, 2.45) is 0 Å². The van der Waals surface area contributed by atoms with E-state index in [1.807, 2.05) is 0 Å². The monoisotopic (exact) mass is 298 g/mol. The number of carbonyl (C=O) groups excluding carboxylic acids is 1. The Morgan fingerprint density at radius 1 is 0.905 bits per heavy atom. The smallest absolute Gasteiger partial charge is 0.330 e. The quantitative estimate of drug-likeness (QED) is 0.207. The van der Waals surface area contributed by atoms with Crippen molar-refractivity contribution in [1.82, 2.24) is 0 Å². The average molecular weight is 298 g/mol. The Hall–Kier alpha value is -0.830. The highest BCUT2D eigenvalue weighted by molar-refractivity contribution is 5.81. The second kappa shape index (κ2) is 12.9. The molecule has 0 N–H and O–H groups in total. The third kappa shape index (κ3) is 9.67. The Morgan fingerprint density at radius 3 is 1.71 bits per heavy atom. The lowest BCUT2D eigenvalue weighted by molar-refractivity contribution is -0.929. The molecule has 0 aromatic carbocycles. The molecular weight excluding hydrogens is 262 g/mol. The van der Waals surface area contributed by atoms with Crippen LogP contribution >= 0.6 is 0 Å². The summed E-state index contributed by atoms with van der Waals surface area (Å²) >= 11 is 0. The zero-order valence-corrected chi connectivity index (χ0v) is 14.5. The zero-order valence-electron chi connectivity index (χ0n) is 14.5. The van der Waals surface area contributed by atoms with Crippen LogP contribution in [-0.2, 0) is 9.53 Å². The summed E-state index contributed by atoms with van der Waals surface area (Å²) in [7, 11) is 0. The summed E-state index contributed by atoms with van der Waals surface area (Å²) in [4.78, 5) is 11.1. The Kier molecular flexibility index (Phi) is 12.4. The normalized spacial score (nSPS) is 11.4. The summed E-state index contributed by atoms with van der Waals surface area (Å²) in [5, 5.41) is 0. The molecule has 0 saturated carbocycles. The number of nitrogens with zero attached hydrogens (tertiary/aromatic N) is 1. The van der Waals surface area contributed by atoms with E-state index in [0.717, 1.165) is 13.0 Å². The number of ether oxygens (including phenoxy) is 1. The van der Waals surface area contributed by atoms with Crippen molar-refractivity contribution in [3.63, 3.8) is 0 Å². The fourth-order valence-electron chi connectivity index (χ4n) is 2.78. The summed E-state index contributed by atoms with van der Waals surface area (Å²) in [6, 6.07) is 0. The van der Waals surface area contributed by atoms with E-state index in [1.54, 1.807) is 0 Å². The van der Waals surface area contributed by atoms with E-state index in [4.69, 9.17) is 4.74 Å². The van der Waals surface area contributed by atoms with Crippen molar-refractivity contribution in [2.45, 2.75) is 65.7 Å². The van der Waals surface area contributed by atoms with E-state index < -0.39 is 0 Å². The predicted octanol–water partition coefficient (Wildman–Crippen LogP) is 4.32. The van der Waals surface area contributed by atoms with Gasteiger partial charge in [-0.15, -0.1) is 0 Å². The molecule has 21 heavy (non-hydrogen) atoms. The van der Waals surface area contributed by atoms with Crippen LogP contribution in [-0.4, -0.2) is 43.2 Å². The first-order valence-electron chi connectivity index (χ1n) is 8.78. The molecule has 0 radical (unpaired) electrons. The van der Waals surface area contributed by atoms with E-state index in [9.17, 15) is 4.79 Å². The van der Waals surface area contributed by atoms with Gasteiger partial charge in [0.25, 0.3) is 0 Å². The lowest BCUT2D eigenvalue weighted by Crippen LogP contribution is -2.51. The van der Waals surface area contributed by atoms with Crippen molar-refractivity contribution in [3.05, 3.63) is 12.7 Å². The number of carbonyl (C=O) groups is 1. The van der Waals surface area contributed by atoms with Crippen molar-refractivity contribution in [2.75, 3.05) is 32.8 Å². The molecule has 0 saturated heterocycles. The molecule has 0 aromatic rings. The van der Waals surface area contributed by atoms with Gasteiger partial charge in [-0.2, -0.15) is 0 Å². The van der Waals surface area contributed by atoms with Gasteiger partial charge in [0.05, 0.1) is 32.8 Å². The summed E-state index contributed by atoms with van der Waals surface area (Å²) in [6.07, 6.45) is 9.83.